The second-order valence-electron chi connectivity index (χ2n) is 5.91. The number of nitrogens with zero attached hydrogens (tertiary/aromatic N) is 4. The molecule has 2 aromatic heterocycles. The van der Waals surface area contributed by atoms with Crippen molar-refractivity contribution < 1.29 is 4.79 Å². The first-order chi connectivity index (χ1) is 11.2. The van der Waals surface area contributed by atoms with Gasteiger partial charge in [-0.2, -0.15) is 0 Å². The van der Waals surface area contributed by atoms with E-state index >= 15 is 0 Å². The Bertz CT molecular complexity index is 724. The molecule has 2 aliphatic rings. The number of carbonyl (C=O) groups excluding carboxylic acids is 1. The second-order valence-corrected chi connectivity index (χ2v) is 7.77. The van der Waals surface area contributed by atoms with Crippen LogP contribution in [-0.2, 0) is 4.79 Å². The first kappa shape index (κ1) is 15.1. The quantitative estimate of drug-likeness (QED) is 0.761. The van der Waals surface area contributed by atoms with Crippen LogP contribution in [0.1, 0.15) is 43.5 Å². The number of amides is 1. The third-order valence-electron chi connectivity index (χ3n) is 3.87. The lowest BCUT2D eigenvalue weighted by Gasteiger charge is -2.08. The molecule has 1 amide bonds. The van der Waals surface area contributed by atoms with Gasteiger partial charge in [0, 0.05) is 22.6 Å². The van der Waals surface area contributed by atoms with Crippen LogP contribution < -0.4 is 5.32 Å². The smallest absolute Gasteiger partial charge is 0.236 e. The second kappa shape index (κ2) is 6.24. The maximum absolute atomic E-state index is 12.1. The number of anilines is 1. The number of aromatic nitrogens is 4. The number of hydrogen-bond acceptors (Lipinski definition) is 5. The van der Waals surface area contributed by atoms with E-state index in [4.69, 9.17) is 0 Å². The molecule has 1 N–H and O–H groups in total. The van der Waals surface area contributed by atoms with Crippen LogP contribution in [0.25, 0.3) is 0 Å². The zero-order valence-corrected chi connectivity index (χ0v) is 14.8. The van der Waals surface area contributed by atoms with Crippen molar-refractivity contribution in [3.05, 3.63) is 28.6 Å². The van der Waals surface area contributed by atoms with Crippen molar-refractivity contribution in [2.24, 2.45) is 0 Å². The SMILES string of the molecule is O=C(CSc1nnc(C2CC2)n1C1CC1)Nc1ccc(Br)cn1. The summed E-state index contributed by atoms with van der Waals surface area (Å²) in [6.07, 6.45) is 6.48. The number of carbonyl (C=O) groups is 1. The van der Waals surface area contributed by atoms with Gasteiger partial charge >= 0.3 is 0 Å². The Morgan fingerprint density at radius 2 is 2.13 bits per heavy atom. The van der Waals surface area contributed by atoms with E-state index in [0.717, 1.165) is 15.5 Å². The van der Waals surface area contributed by atoms with Gasteiger partial charge in [0.1, 0.15) is 11.6 Å². The lowest BCUT2D eigenvalue weighted by molar-refractivity contribution is -0.113. The van der Waals surface area contributed by atoms with Crippen LogP contribution in [0.2, 0.25) is 0 Å². The van der Waals surface area contributed by atoms with Gasteiger partial charge in [-0.1, -0.05) is 11.8 Å². The van der Waals surface area contributed by atoms with Crippen molar-refractivity contribution in [2.45, 2.75) is 42.8 Å². The number of thioether (sulfide) groups is 1. The molecular formula is C15H16BrN5OS. The minimum atomic E-state index is -0.0804. The van der Waals surface area contributed by atoms with Crippen molar-refractivity contribution in [3.63, 3.8) is 0 Å². The average molecular weight is 394 g/mol. The molecule has 0 spiro atoms. The first-order valence-electron chi connectivity index (χ1n) is 7.69. The van der Waals surface area contributed by atoms with Gasteiger partial charge in [-0.3, -0.25) is 4.79 Å². The van der Waals surface area contributed by atoms with E-state index in [1.165, 1.54) is 37.4 Å². The predicted molar refractivity (Wildman–Crippen MR) is 91.6 cm³/mol. The van der Waals surface area contributed by atoms with Gasteiger partial charge in [0.25, 0.3) is 0 Å². The van der Waals surface area contributed by atoms with Crippen molar-refractivity contribution in [3.8, 4) is 0 Å². The topological polar surface area (TPSA) is 72.7 Å². The van der Waals surface area contributed by atoms with E-state index in [-0.39, 0.29) is 5.91 Å². The van der Waals surface area contributed by atoms with Crippen LogP contribution in [-0.4, -0.2) is 31.4 Å². The number of halogens is 1. The zero-order chi connectivity index (χ0) is 15.8. The van der Waals surface area contributed by atoms with E-state index in [2.05, 4.69) is 41.0 Å². The molecule has 0 aromatic carbocycles. The van der Waals surface area contributed by atoms with E-state index < -0.39 is 0 Å². The Hall–Kier alpha value is -1.41. The lowest BCUT2D eigenvalue weighted by atomic mass is 10.4. The third kappa shape index (κ3) is 3.58. The van der Waals surface area contributed by atoms with Gasteiger partial charge < -0.3 is 9.88 Å². The van der Waals surface area contributed by atoms with Gasteiger partial charge in [0.15, 0.2) is 5.16 Å². The molecule has 120 valence electrons. The molecule has 0 saturated heterocycles. The molecule has 23 heavy (non-hydrogen) atoms. The van der Waals surface area contributed by atoms with E-state index in [1.54, 1.807) is 12.3 Å². The molecule has 2 aromatic rings. The van der Waals surface area contributed by atoms with E-state index in [9.17, 15) is 4.79 Å². The molecule has 0 atom stereocenters. The monoisotopic (exact) mass is 393 g/mol. The predicted octanol–water partition coefficient (Wildman–Crippen LogP) is 3.38. The Morgan fingerprint density at radius 1 is 1.30 bits per heavy atom. The summed E-state index contributed by atoms with van der Waals surface area (Å²) in [5.41, 5.74) is 0. The molecule has 2 fully saturated rings. The van der Waals surface area contributed by atoms with Gasteiger partial charge in [0.2, 0.25) is 5.91 Å². The van der Waals surface area contributed by atoms with Crippen LogP contribution in [0.4, 0.5) is 5.82 Å². The minimum Gasteiger partial charge on any atom is -0.310 e. The Labute approximate surface area is 146 Å². The summed E-state index contributed by atoms with van der Waals surface area (Å²) >= 11 is 4.77. The Kier molecular flexibility index (Phi) is 4.11. The number of pyridine rings is 1. The third-order valence-corrected chi connectivity index (χ3v) is 5.28. The molecular weight excluding hydrogens is 378 g/mol. The molecule has 0 aliphatic heterocycles. The van der Waals surface area contributed by atoms with Gasteiger partial charge in [-0.15, -0.1) is 10.2 Å². The standard InChI is InChI=1S/C15H16BrN5OS/c16-10-3-6-12(17-7-10)18-13(22)8-23-15-20-19-14(9-1-2-9)21(15)11-4-5-11/h3,6-7,9,11H,1-2,4-5,8H2,(H,17,18,22). The summed E-state index contributed by atoms with van der Waals surface area (Å²) in [6, 6.07) is 4.16. The molecule has 4 rings (SSSR count). The Balaban J connectivity index is 1.39. The summed E-state index contributed by atoms with van der Waals surface area (Å²) in [7, 11) is 0. The molecule has 2 aliphatic carbocycles. The van der Waals surface area contributed by atoms with Crippen LogP contribution in [0.5, 0.6) is 0 Å². The summed E-state index contributed by atoms with van der Waals surface area (Å²) in [6.45, 7) is 0. The maximum atomic E-state index is 12.1. The first-order valence-corrected chi connectivity index (χ1v) is 9.47. The number of rotatable bonds is 6. The fourth-order valence-electron chi connectivity index (χ4n) is 2.44. The summed E-state index contributed by atoms with van der Waals surface area (Å²) in [5, 5.41) is 12.3. The fourth-order valence-corrected chi connectivity index (χ4v) is 3.49. The highest BCUT2D eigenvalue weighted by atomic mass is 79.9. The molecule has 0 unspecified atom stereocenters. The largest absolute Gasteiger partial charge is 0.310 e. The highest BCUT2D eigenvalue weighted by molar-refractivity contribution is 9.10. The molecule has 0 bridgehead atoms. The van der Waals surface area contributed by atoms with Crippen LogP contribution in [0.3, 0.4) is 0 Å². The number of hydrogen-bond donors (Lipinski definition) is 1. The van der Waals surface area contributed by atoms with E-state index in [1.807, 2.05) is 6.07 Å². The fraction of sp³-hybridized carbons (Fsp3) is 0.467. The number of nitrogens with one attached hydrogen (secondary N) is 1. The van der Waals surface area contributed by atoms with Crippen molar-refractivity contribution in [2.75, 3.05) is 11.1 Å². The molecule has 8 heteroatoms. The average Bonchev–Trinajstić information content (AvgIpc) is 3.46. The lowest BCUT2D eigenvalue weighted by Crippen LogP contribution is -2.15. The maximum Gasteiger partial charge on any atom is 0.236 e. The van der Waals surface area contributed by atoms with Crippen LogP contribution in [0, 0.1) is 0 Å². The van der Waals surface area contributed by atoms with Gasteiger partial charge in [-0.25, -0.2) is 4.98 Å². The van der Waals surface area contributed by atoms with Crippen LogP contribution in [0.15, 0.2) is 28.0 Å². The highest BCUT2D eigenvalue weighted by Crippen LogP contribution is 2.45. The molecule has 2 heterocycles. The van der Waals surface area contributed by atoms with Crippen molar-refractivity contribution in [1.82, 2.24) is 19.7 Å². The summed E-state index contributed by atoms with van der Waals surface area (Å²) in [5.74, 6) is 2.49. The highest BCUT2D eigenvalue weighted by Gasteiger charge is 2.36. The molecule has 2 saturated carbocycles. The van der Waals surface area contributed by atoms with E-state index in [0.29, 0.717) is 23.5 Å². The zero-order valence-electron chi connectivity index (χ0n) is 12.4. The van der Waals surface area contributed by atoms with Crippen LogP contribution >= 0.6 is 27.7 Å². The van der Waals surface area contributed by atoms with Crippen molar-refractivity contribution in [1.29, 1.82) is 0 Å². The van der Waals surface area contributed by atoms with Gasteiger partial charge in [-0.05, 0) is 53.7 Å². The minimum absolute atomic E-state index is 0.0804. The normalized spacial score (nSPS) is 17.3. The summed E-state index contributed by atoms with van der Waals surface area (Å²) in [4.78, 5) is 16.2. The molecule has 6 nitrogen and oxygen atoms in total. The van der Waals surface area contributed by atoms with Crippen molar-refractivity contribution >= 4 is 39.4 Å². The Morgan fingerprint density at radius 3 is 2.78 bits per heavy atom. The molecule has 0 radical (unpaired) electrons. The van der Waals surface area contributed by atoms with Gasteiger partial charge in [0.05, 0.1) is 5.75 Å². The summed E-state index contributed by atoms with van der Waals surface area (Å²) < 4.78 is 3.14.